The van der Waals surface area contributed by atoms with E-state index in [0.717, 1.165) is 11.6 Å². The van der Waals surface area contributed by atoms with E-state index in [0.29, 0.717) is 12.8 Å². The van der Waals surface area contributed by atoms with Crippen molar-refractivity contribution in [1.82, 2.24) is 4.31 Å². The zero-order valence-corrected chi connectivity index (χ0v) is 19.6. The summed E-state index contributed by atoms with van der Waals surface area (Å²) in [5.74, 6) is -1.70. The van der Waals surface area contributed by atoms with Crippen LogP contribution in [-0.4, -0.2) is 35.5 Å². The Morgan fingerprint density at radius 1 is 1.18 bits per heavy atom. The van der Waals surface area contributed by atoms with Crippen LogP contribution in [0.2, 0.25) is 0 Å². The SMILES string of the molecule is CC(=N)/C(C(=O)Nc1ccc(CN2C(C)CCC(c3ccccc3)S2(=O)=O)c(F)c1)=C(/C)O. The van der Waals surface area contributed by atoms with Crippen LogP contribution in [0.15, 0.2) is 59.9 Å². The number of amides is 1. The molecule has 3 N–H and O–H groups in total. The molecule has 9 heteroatoms. The highest BCUT2D eigenvalue weighted by Crippen LogP contribution is 2.38. The summed E-state index contributed by atoms with van der Waals surface area (Å²) in [5.41, 5.74) is 0.728. The quantitative estimate of drug-likeness (QED) is 0.321. The minimum Gasteiger partial charge on any atom is -0.512 e. The lowest BCUT2D eigenvalue weighted by atomic mass is 10.0. The fraction of sp³-hybridized carbons (Fsp3) is 0.333. The third-order valence-corrected chi connectivity index (χ3v) is 8.17. The van der Waals surface area contributed by atoms with E-state index in [2.05, 4.69) is 5.32 Å². The van der Waals surface area contributed by atoms with Gasteiger partial charge in [0.15, 0.2) is 0 Å². The number of sulfonamides is 1. The summed E-state index contributed by atoms with van der Waals surface area (Å²) < 4.78 is 42.9. The number of anilines is 1. The molecule has 3 rings (SSSR count). The second kappa shape index (κ2) is 9.84. The number of aliphatic hydroxyl groups excluding tert-OH is 1. The third-order valence-electron chi connectivity index (χ3n) is 5.80. The first-order valence-electron chi connectivity index (χ1n) is 10.6. The Bertz CT molecular complexity index is 1190. The zero-order valence-electron chi connectivity index (χ0n) is 18.8. The number of hydrogen-bond acceptors (Lipinski definition) is 5. The van der Waals surface area contributed by atoms with Crippen LogP contribution in [0.25, 0.3) is 0 Å². The summed E-state index contributed by atoms with van der Waals surface area (Å²) in [7, 11) is -3.70. The number of halogens is 1. The fourth-order valence-corrected chi connectivity index (χ4v) is 6.26. The lowest BCUT2D eigenvalue weighted by Gasteiger charge is -2.37. The largest absolute Gasteiger partial charge is 0.512 e. The topological polar surface area (TPSA) is 111 Å². The molecule has 0 bridgehead atoms. The van der Waals surface area contributed by atoms with E-state index in [1.165, 1.54) is 30.3 Å². The molecule has 1 saturated heterocycles. The molecule has 33 heavy (non-hydrogen) atoms. The number of aliphatic hydroxyl groups is 1. The Kier molecular flexibility index (Phi) is 7.34. The van der Waals surface area contributed by atoms with E-state index in [1.54, 1.807) is 24.3 Å². The number of benzene rings is 2. The number of hydrogen-bond donors (Lipinski definition) is 3. The Morgan fingerprint density at radius 3 is 2.42 bits per heavy atom. The second-order valence-electron chi connectivity index (χ2n) is 8.26. The molecule has 1 amide bonds. The van der Waals surface area contributed by atoms with Crippen molar-refractivity contribution in [1.29, 1.82) is 5.41 Å². The minimum atomic E-state index is -3.70. The van der Waals surface area contributed by atoms with E-state index >= 15 is 0 Å². The van der Waals surface area contributed by atoms with Crippen molar-refractivity contribution < 1.29 is 22.7 Å². The first kappa shape index (κ1) is 24.6. The number of rotatable bonds is 6. The molecule has 0 aromatic heterocycles. The van der Waals surface area contributed by atoms with Gasteiger partial charge in [0.1, 0.15) is 16.8 Å². The van der Waals surface area contributed by atoms with E-state index in [9.17, 15) is 22.7 Å². The Labute approximate surface area is 193 Å². The van der Waals surface area contributed by atoms with E-state index < -0.39 is 27.0 Å². The van der Waals surface area contributed by atoms with Gasteiger partial charge in [0.05, 0.1) is 5.57 Å². The van der Waals surface area contributed by atoms with Crippen LogP contribution in [0.5, 0.6) is 0 Å². The predicted molar refractivity (Wildman–Crippen MR) is 126 cm³/mol. The van der Waals surface area contributed by atoms with Gasteiger partial charge in [-0.2, -0.15) is 4.31 Å². The van der Waals surface area contributed by atoms with Crippen molar-refractivity contribution in [2.75, 3.05) is 5.32 Å². The highest BCUT2D eigenvalue weighted by Gasteiger charge is 2.40. The molecule has 7 nitrogen and oxygen atoms in total. The Balaban J connectivity index is 1.82. The number of carbonyl (C=O) groups excluding carboxylic acids is 1. The molecule has 2 atom stereocenters. The van der Waals surface area contributed by atoms with Crippen molar-refractivity contribution in [3.63, 3.8) is 0 Å². The van der Waals surface area contributed by atoms with Crippen LogP contribution >= 0.6 is 0 Å². The summed E-state index contributed by atoms with van der Waals surface area (Å²) in [6.45, 7) is 4.35. The summed E-state index contributed by atoms with van der Waals surface area (Å²) in [5, 5.41) is 19.0. The van der Waals surface area contributed by atoms with E-state index in [-0.39, 0.29) is 40.9 Å². The van der Waals surface area contributed by atoms with Crippen molar-refractivity contribution >= 4 is 27.3 Å². The van der Waals surface area contributed by atoms with E-state index in [1.807, 2.05) is 13.0 Å². The van der Waals surface area contributed by atoms with Gasteiger partial charge in [0.25, 0.3) is 5.91 Å². The summed E-state index contributed by atoms with van der Waals surface area (Å²) in [4.78, 5) is 12.3. The normalized spacial score (nSPS) is 21.2. The van der Waals surface area contributed by atoms with Crippen LogP contribution < -0.4 is 5.32 Å². The molecular formula is C24H28FN3O4S. The van der Waals surface area contributed by atoms with Crippen LogP contribution in [0.3, 0.4) is 0 Å². The van der Waals surface area contributed by atoms with Gasteiger partial charge in [-0.3, -0.25) is 4.79 Å². The van der Waals surface area contributed by atoms with Gasteiger partial charge in [-0.25, -0.2) is 12.8 Å². The molecule has 0 aliphatic carbocycles. The van der Waals surface area contributed by atoms with Gasteiger partial charge in [-0.05, 0) is 51.3 Å². The van der Waals surface area contributed by atoms with Crippen molar-refractivity contribution in [3.8, 4) is 0 Å². The fourth-order valence-electron chi connectivity index (χ4n) is 4.07. The Morgan fingerprint density at radius 2 is 1.85 bits per heavy atom. The highest BCUT2D eigenvalue weighted by molar-refractivity contribution is 7.89. The van der Waals surface area contributed by atoms with E-state index in [4.69, 9.17) is 5.41 Å². The molecule has 1 aliphatic rings. The monoisotopic (exact) mass is 473 g/mol. The standard InChI is InChI=1S/C24H28FN3O4S/c1-15-9-12-22(18-7-5-4-6-8-18)33(31,32)28(15)14-19-10-11-20(13-21(19)25)27-24(30)23(16(2)26)17(3)29/h4-8,10-11,13,15,22,26,29H,9,12,14H2,1-3H3,(H,27,30)/b23-17+,26-16?. The van der Waals surface area contributed by atoms with Crippen molar-refractivity contribution in [3.05, 3.63) is 76.8 Å². The van der Waals surface area contributed by atoms with Crippen molar-refractivity contribution in [2.24, 2.45) is 0 Å². The number of carbonyl (C=O) groups is 1. The van der Waals surface area contributed by atoms with Gasteiger partial charge in [-0.15, -0.1) is 0 Å². The maximum atomic E-state index is 14.9. The first-order valence-corrected chi connectivity index (χ1v) is 12.1. The van der Waals surface area contributed by atoms with Crippen LogP contribution in [0.1, 0.15) is 50.0 Å². The van der Waals surface area contributed by atoms with Gasteiger partial charge < -0.3 is 15.8 Å². The number of nitrogens with one attached hydrogen (secondary N) is 2. The van der Waals surface area contributed by atoms with Gasteiger partial charge in [0, 0.05) is 29.5 Å². The molecule has 1 aliphatic heterocycles. The number of nitrogens with zero attached hydrogens (tertiary/aromatic N) is 1. The third kappa shape index (κ3) is 5.31. The molecule has 2 aromatic carbocycles. The van der Waals surface area contributed by atoms with Gasteiger partial charge in [-0.1, -0.05) is 36.4 Å². The molecule has 1 heterocycles. The van der Waals surface area contributed by atoms with Crippen LogP contribution in [0.4, 0.5) is 10.1 Å². The summed E-state index contributed by atoms with van der Waals surface area (Å²) in [6, 6.07) is 12.8. The predicted octanol–water partition coefficient (Wildman–Crippen LogP) is 4.69. The van der Waals surface area contributed by atoms with Gasteiger partial charge in [0.2, 0.25) is 10.0 Å². The molecule has 0 radical (unpaired) electrons. The zero-order chi connectivity index (χ0) is 24.3. The molecule has 1 fully saturated rings. The lowest BCUT2D eigenvalue weighted by Crippen LogP contribution is -2.44. The average Bonchev–Trinajstić information content (AvgIpc) is 2.72. The lowest BCUT2D eigenvalue weighted by molar-refractivity contribution is -0.112. The smallest absolute Gasteiger partial charge is 0.260 e. The molecular weight excluding hydrogens is 445 g/mol. The second-order valence-corrected chi connectivity index (χ2v) is 10.3. The Hall–Kier alpha value is -3.04. The molecule has 2 unspecified atom stereocenters. The molecule has 2 aromatic rings. The van der Waals surface area contributed by atoms with Crippen molar-refractivity contribution in [2.45, 2.75) is 51.4 Å². The van der Waals surface area contributed by atoms with Gasteiger partial charge >= 0.3 is 0 Å². The molecule has 176 valence electrons. The first-order chi connectivity index (χ1) is 15.5. The van der Waals surface area contributed by atoms with Crippen LogP contribution in [0, 0.1) is 11.2 Å². The highest BCUT2D eigenvalue weighted by atomic mass is 32.2. The van der Waals surface area contributed by atoms with Crippen LogP contribution in [-0.2, 0) is 21.4 Å². The maximum Gasteiger partial charge on any atom is 0.260 e. The maximum absolute atomic E-state index is 14.9. The average molecular weight is 474 g/mol. The number of allylic oxidation sites excluding steroid dienone is 1. The molecule has 0 spiro atoms. The molecule has 0 saturated carbocycles. The summed E-state index contributed by atoms with van der Waals surface area (Å²) in [6.07, 6.45) is 1.16. The summed E-state index contributed by atoms with van der Waals surface area (Å²) >= 11 is 0. The minimum absolute atomic E-state index is 0.118.